The molecule has 0 atom stereocenters. The molecule has 7 nitrogen and oxygen atoms in total. The average molecular weight is 386 g/mol. The van der Waals surface area contributed by atoms with E-state index in [1.54, 1.807) is 0 Å². The van der Waals surface area contributed by atoms with Gasteiger partial charge in [0.05, 0.1) is 29.4 Å². The van der Waals surface area contributed by atoms with Gasteiger partial charge in [0.1, 0.15) is 6.10 Å². The minimum Gasteiger partial charge on any atom is -0.459 e. The maximum atomic E-state index is 6.49. The van der Waals surface area contributed by atoms with E-state index in [-0.39, 0.29) is 6.10 Å². The van der Waals surface area contributed by atoms with Gasteiger partial charge in [-0.15, -0.1) is 0 Å². The van der Waals surface area contributed by atoms with Crippen molar-refractivity contribution < 1.29 is 9.47 Å². The van der Waals surface area contributed by atoms with Gasteiger partial charge in [0, 0.05) is 37.4 Å². The second-order valence-electron chi connectivity index (χ2n) is 6.78. The summed E-state index contributed by atoms with van der Waals surface area (Å²) < 4.78 is 11.2. The van der Waals surface area contributed by atoms with E-state index in [4.69, 9.17) is 21.1 Å². The Balaban J connectivity index is 1.42. The molecule has 3 aromatic rings. The lowest BCUT2D eigenvalue weighted by molar-refractivity contribution is 0.122. The Kier molecular flexibility index (Phi) is 4.35. The number of pyridine rings is 1. The van der Waals surface area contributed by atoms with Crippen LogP contribution in [0.4, 0.5) is 5.69 Å². The number of benzene rings is 1. The van der Waals surface area contributed by atoms with Crippen molar-refractivity contribution in [2.45, 2.75) is 6.10 Å². The van der Waals surface area contributed by atoms with Gasteiger partial charge in [0.25, 0.3) is 6.01 Å². The molecule has 2 aliphatic rings. The number of morpholine rings is 1. The fourth-order valence-corrected chi connectivity index (χ4v) is 3.57. The van der Waals surface area contributed by atoms with Crippen LogP contribution in [0.2, 0.25) is 5.02 Å². The second kappa shape index (κ2) is 6.99. The summed E-state index contributed by atoms with van der Waals surface area (Å²) in [5, 5.41) is 3.75. The van der Waals surface area contributed by atoms with Gasteiger partial charge in [-0.3, -0.25) is 0 Å². The molecule has 1 aromatic carbocycles. The van der Waals surface area contributed by atoms with E-state index in [2.05, 4.69) is 49.4 Å². The zero-order valence-electron chi connectivity index (χ0n) is 14.7. The lowest BCUT2D eigenvalue weighted by Gasteiger charge is -2.28. The van der Waals surface area contributed by atoms with E-state index in [0.717, 1.165) is 56.2 Å². The first kappa shape index (κ1) is 16.8. The van der Waals surface area contributed by atoms with Crippen molar-refractivity contribution in [3.05, 3.63) is 35.4 Å². The van der Waals surface area contributed by atoms with E-state index < -0.39 is 0 Å². The molecule has 2 aliphatic heterocycles. The zero-order chi connectivity index (χ0) is 18.2. The molecule has 2 aromatic heterocycles. The van der Waals surface area contributed by atoms with Crippen molar-refractivity contribution in [1.82, 2.24) is 20.3 Å². The summed E-state index contributed by atoms with van der Waals surface area (Å²) in [6, 6.07) is 10.6. The van der Waals surface area contributed by atoms with Crippen LogP contribution < -0.4 is 15.0 Å². The molecule has 0 radical (unpaired) electrons. The van der Waals surface area contributed by atoms with Crippen molar-refractivity contribution in [2.24, 2.45) is 0 Å². The van der Waals surface area contributed by atoms with Gasteiger partial charge in [-0.1, -0.05) is 23.7 Å². The molecule has 140 valence electrons. The highest BCUT2D eigenvalue weighted by Crippen LogP contribution is 2.31. The molecular formula is C19H20ClN5O2. The maximum Gasteiger partial charge on any atom is 0.296 e. The predicted molar refractivity (Wildman–Crippen MR) is 105 cm³/mol. The smallest absolute Gasteiger partial charge is 0.296 e. The highest BCUT2D eigenvalue weighted by Gasteiger charge is 2.20. The Bertz CT molecular complexity index is 949. The Morgan fingerprint density at radius 2 is 1.89 bits per heavy atom. The Labute approximate surface area is 161 Å². The third-order valence-corrected chi connectivity index (χ3v) is 5.23. The fraction of sp³-hybridized carbons (Fsp3) is 0.368. The van der Waals surface area contributed by atoms with Crippen LogP contribution in [0.1, 0.15) is 0 Å². The van der Waals surface area contributed by atoms with Crippen LogP contribution in [0.25, 0.3) is 22.4 Å². The molecule has 27 heavy (non-hydrogen) atoms. The topological polar surface area (TPSA) is 75.3 Å². The normalized spacial score (nSPS) is 17.9. The number of halogens is 1. The second-order valence-corrected chi connectivity index (χ2v) is 7.18. The summed E-state index contributed by atoms with van der Waals surface area (Å²) in [6.07, 6.45) is 0.160. The average Bonchev–Trinajstić information content (AvgIpc) is 3.06. The number of imidazole rings is 1. The Hall–Kier alpha value is -2.35. The number of H-pyrrole nitrogens is 1. The molecule has 0 unspecified atom stereocenters. The highest BCUT2D eigenvalue weighted by molar-refractivity contribution is 6.33. The molecule has 8 heteroatoms. The van der Waals surface area contributed by atoms with Crippen molar-refractivity contribution in [1.29, 1.82) is 0 Å². The standard InChI is InChI=1S/C19H20ClN5O2/c20-15-9-16-18(24-19(22-16)27-14-10-21-11-14)23-17(15)12-1-3-13(4-2-12)25-5-7-26-8-6-25/h1-4,9,14,21H,5-8,10-11H2,(H,22,23,24). The number of hydrogen-bond donors (Lipinski definition) is 2. The van der Waals surface area contributed by atoms with Crippen LogP contribution in [0, 0.1) is 0 Å². The van der Waals surface area contributed by atoms with Gasteiger partial charge in [-0.25, -0.2) is 4.98 Å². The van der Waals surface area contributed by atoms with Crippen LogP contribution in [0.15, 0.2) is 30.3 Å². The van der Waals surface area contributed by atoms with Crippen LogP contribution >= 0.6 is 11.6 Å². The van der Waals surface area contributed by atoms with Gasteiger partial charge < -0.3 is 24.7 Å². The number of hydrogen-bond acceptors (Lipinski definition) is 6. The predicted octanol–water partition coefficient (Wildman–Crippen LogP) is 2.47. The molecular weight excluding hydrogens is 366 g/mol. The summed E-state index contributed by atoms with van der Waals surface area (Å²) in [5.41, 5.74) is 4.25. The molecule has 0 bridgehead atoms. The van der Waals surface area contributed by atoms with Gasteiger partial charge in [-0.05, 0) is 18.2 Å². The van der Waals surface area contributed by atoms with Gasteiger partial charge in [0.15, 0.2) is 5.65 Å². The number of aromatic nitrogens is 3. The van der Waals surface area contributed by atoms with E-state index in [1.165, 1.54) is 5.69 Å². The Morgan fingerprint density at radius 1 is 1.11 bits per heavy atom. The van der Waals surface area contributed by atoms with E-state index in [9.17, 15) is 0 Å². The zero-order valence-corrected chi connectivity index (χ0v) is 15.5. The molecule has 0 spiro atoms. The van der Waals surface area contributed by atoms with Crippen LogP contribution in [-0.4, -0.2) is 60.4 Å². The fourth-order valence-electron chi connectivity index (χ4n) is 3.31. The number of anilines is 1. The summed E-state index contributed by atoms with van der Waals surface area (Å²) in [5.74, 6) is 0. The molecule has 5 rings (SSSR count). The van der Waals surface area contributed by atoms with Crippen molar-refractivity contribution in [3.8, 4) is 17.3 Å². The first-order valence-corrected chi connectivity index (χ1v) is 9.51. The monoisotopic (exact) mass is 385 g/mol. The van der Waals surface area contributed by atoms with Crippen molar-refractivity contribution in [2.75, 3.05) is 44.3 Å². The molecule has 2 fully saturated rings. The SMILES string of the molecule is Clc1cc2[nH]c(OC3CNC3)nc2nc1-c1ccc(N2CCOCC2)cc1. The third kappa shape index (κ3) is 3.34. The van der Waals surface area contributed by atoms with E-state index in [1.807, 2.05) is 6.07 Å². The molecule has 0 saturated carbocycles. The number of rotatable bonds is 4. The lowest BCUT2D eigenvalue weighted by Crippen LogP contribution is -2.50. The number of fused-ring (bicyclic) bond motifs is 1. The van der Waals surface area contributed by atoms with E-state index >= 15 is 0 Å². The van der Waals surface area contributed by atoms with Gasteiger partial charge in [-0.2, -0.15) is 4.98 Å². The van der Waals surface area contributed by atoms with Crippen LogP contribution in [-0.2, 0) is 4.74 Å². The number of nitrogens with zero attached hydrogens (tertiary/aromatic N) is 3. The van der Waals surface area contributed by atoms with Crippen molar-refractivity contribution >= 4 is 28.5 Å². The summed E-state index contributed by atoms with van der Waals surface area (Å²) >= 11 is 6.49. The van der Waals surface area contributed by atoms with E-state index in [0.29, 0.717) is 16.7 Å². The first-order valence-electron chi connectivity index (χ1n) is 9.13. The number of ether oxygens (including phenoxy) is 2. The molecule has 0 amide bonds. The largest absolute Gasteiger partial charge is 0.459 e. The lowest BCUT2D eigenvalue weighted by atomic mass is 10.1. The third-order valence-electron chi connectivity index (χ3n) is 4.94. The van der Waals surface area contributed by atoms with Crippen LogP contribution in [0.5, 0.6) is 6.01 Å². The van der Waals surface area contributed by atoms with Crippen molar-refractivity contribution in [3.63, 3.8) is 0 Å². The molecule has 2 saturated heterocycles. The number of nitrogens with one attached hydrogen (secondary N) is 2. The highest BCUT2D eigenvalue weighted by atomic mass is 35.5. The van der Waals surface area contributed by atoms with Gasteiger partial charge >= 0.3 is 0 Å². The quantitative estimate of drug-likeness (QED) is 0.718. The minimum absolute atomic E-state index is 0.160. The Morgan fingerprint density at radius 3 is 2.59 bits per heavy atom. The molecule has 0 aliphatic carbocycles. The summed E-state index contributed by atoms with van der Waals surface area (Å²) in [4.78, 5) is 14.6. The number of aromatic amines is 1. The molecule has 2 N–H and O–H groups in total. The first-order chi connectivity index (χ1) is 13.3. The maximum absolute atomic E-state index is 6.49. The summed E-state index contributed by atoms with van der Waals surface area (Å²) in [6.45, 7) is 5.05. The van der Waals surface area contributed by atoms with Crippen LogP contribution in [0.3, 0.4) is 0 Å². The molecule has 4 heterocycles. The minimum atomic E-state index is 0.160. The summed E-state index contributed by atoms with van der Waals surface area (Å²) in [7, 11) is 0. The van der Waals surface area contributed by atoms with Gasteiger partial charge in [0.2, 0.25) is 0 Å².